The van der Waals surface area contributed by atoms with Crippen molar-refractivity contribution in [3.05, 3.63) is 24.3 Å². The van der Waals surface area contributed by atoms with Gasteiger partial charge < -0.3 is 0 Å². The Kier molecular flexibility index (Phi) is 7.19. The average Bonchev–Trinajstić information content (AvgIpc) is 2.92. The summed E-state index contributed by atoms with van der Waals surface area (Å²) in [6.07, 6.45) is 9.37. The van der Waals surface area contributed by atoms with Crippen molar-refractivity contribution in [2.45, 2.75) is 75.6 Å². The molecule has 22 heavy (non-hydrogen) atoms. The largest absolute Gasteiger partial charge is 0.252 e. The molecule has 0 radical (unpaired) electrons. The lowest BCUT2D eigenvalue weighted by atomic mass is 9.97. The molecule has 2 aromatic rings. The molecule has 1 aromatic heterocycles. The Balaban J connectivity index is 1.72. The molecular formula is C18H28N2S2. The smallest absolute Gasteiger partial charge is 0.166 e. The SMILES string of the molecule is CCCCCCCCC(C)(C)NSc1nc2ccccc2s1. The van der Waals surface area contributed by atoms with Crippen LogP contribution in [0.25, 0.3) is 10.2 Å². The zero-order chi connectivity index (χ0) is 15.8. The van der Waals surface area contributed by atoms with Gasteiger partial charge >= 0.3 is 0 Å². The van der Waals surface area contributed by atoms with Crippen LogP contribution in [-0.2, 0) is 0 Å². The van der Waals surface area contributed by atoms with E-state index in [4.69, 9.17) is 0 Å². The molecule has 2 nitrogen and oxygen atoms in total. The summed E-state index contributed by atoms with van der Waals surface area (Å²) in [5.41, 5.74) is 1.26. The molecule has 122 valence electrons. The van der Waals surface area contributed by atoms with Gasteiger partial charge in [-0.1, -0.05) is 57.6 Å². The Morgan fingerprint density at radius 3 is 2.59 bits per heavy atom. The molecule has 0 fully saturated rings. The molecule has 0 bridgehead atoms. The van der Waals surface area contributed by atoms with Gasteiger partial charge in [-0.05, 0) is 44.3 Å². The molecule has 4 heteroatoms. The average molecular weight is 337 g/mol. The Morgan fingerprint density at radius 2 is 1.82 bits per heavy atom. The van der Waals surface area contributed by atoms with E-state index in [0.29, 0.717) is 0 Å². The Bertz CT molecular complexity index is 530. The minimum atomic E-state index is 0.160. The van der Waals surface area contributed by atoms with Gasteiger partial charge in [0, 0.05) is 5.54 Å². The summed E-state index contributed by atoms with van der Waals surface area (Å²) >= 11 is 3.45. The zero-order valence-electron chi connectivity index (χ0n) is 14.0. The van der Waals surface area contributed by atoms with Crippen molar-refractivity contribution in [1.29, 1.82) is 0 Å². The maximum Gasteiger partial charge on any atom is 0.166 e. The molecule has 0 atom stereocenters. The fourth-order valence-electron chi connectivity index (χ4n) is 2.47. The van der Waals surface area contributed by atoms with E-state index in [1.54, 1.807) is 23.3 Å². The number of fused-ring (bicyclic) bond motifs is 1. The quantitative estimate of drug-likeness (QED) is 0.400. The summed E-state index contributed by atoms with van der Waals surface area (Å²) in [5, 5.41) is 0. The van der Waals surface area contributed by atoms with E-state index >= 15 is 0 Å². The van der Waals surface area contributed by atoms with Crippen LogP contribution < -0.4 is 4.72 Å². The number of benzene rings is 1. The lowest BCUT2D eigenvalue weighted by Gasteiger charge is -2.25. The highest BCUT2D eigenvalue weighted by molar-refractivity contribution is 7.99. The molecule has 0 saturated heterocycles. The predicted molar refractivity (Wildman–Crippen MR) is 101 cm³/mol. The molecular weight excluding hydrogens is 308 g/mol. The first-order valence-corrected chi connectivity index (χ1v) is 10.0. The van der Waals surface area contributed by atoms with Crippen LogP contribution in [-0.4, -0.2) is 10.5 Å². The predicted octanol–water partition coefficient (Wildman–Crippen LogP) is 6.42. The molecule has 1 N–H and O–H groups in total. The van der Waals surface area contributed by atoms with Crippen LogP contribution in [0.1, 0.15) is 65.7 Å². The van der Waals surface area contributed by atoms with Gasteiger partial charge in [0.15, 0.2) is 4.34 Å². The summed E-state index contributed by atoms with van der Waals surface area (Å²) in [5.74, 6) is 0. The van der Waals surface area contributed by atoms with E-state index in [0.717, 1.165) is 9.86 Å². The van der Waals surface area contributed by atoms with Crippen molar-refractivity contribution in [2.24, 2.45) is 0 Å². The van der Waals surface area contributed by atoms with Crippen LogP contribution in [0.4, 0.5) is 0 Å². The highest BCUT2D eigenvalue weighted by atomic mass is 32.2. The van der Waals surface area contributed by atoms with Crippen LogP contribution in [0.15, 0.2) is 28.6 Å². The topological polar surface area (TPSA) is 24.9 Å². The number of hydrogen-bond acceptors (Lipinski definition) is 4. The van der Waals surface area contributed by atoms with Gasteiger partial charge in [-0.25, -0.2) is 4.98 Å². The minimum absolute atomic E-state index is 0.160. The van der Waals surface area contributed by atoms with Gasteiger partial charge in [0.1, 0.15) is 0 Å². The Morgan fingerprint density at radius 1 is 1.09 bits per heavy atom. The maximum atomic E-state index is 4.66. The van der Waals surface area contributed by atoms with Gasteiger partial charge in [0.05, 0.1) is 10.2 Å². The van der Waals surface area contributed by atoms with Gasteiger partial charge in [-0.3, -0.25) is 4.72 Å². The number of nitrogens with one attached hydrogen (secondary N) is 1. The van der Waals surface area contributed by atoms with Gasteiger partial charge in [0.25, 0.3) is 0 Å². The number of nitrogens with zero attached hydrogens (tertiary/aromatic N) is 1. The Hall–Kier alpha value is -0.580. The Labute approximate surface area is 143 Å². The van der Waals surface area contributed by atoms with Crippen molar-refractivity contribution in [3.8, 4) is 0 Å². The van der Waals surface area contributed by atoms with Crippen molar-refractivity contribution < 1.29 is 0 Å². The molecule has 0 aliphatic rings. The molecule has 1 heterocycles. The highest BCUT2D eigenvalue weighted by Gasteiger charge is 2.18. The molecule has 0 aliphatic carbocycles. The first kappa shape index (κ1) is 17.8. The second-order valence-electron chi connectivity index (χ2n) is 6.55. The van der Waals surface area contributed by atoms with E-state index in [-0.39, 0.29) is 5.54 Å². The first-order valence-electron chi connectivity index (χ1n) is 8.40. The third-order valence-electron chi connectivity index (χ3n) is 3.84. The number of aromatic nitrogens is 1. The van der Waals surface area contributed by atoms with Gasteiger partial charge in [0.2, 0.25) is 0 Å². The second kappa shape index (κ2) is 8.90. The fraction of sp³-hybridized carbons (Fsp3) is 0.611. The monoisotopic (exact) mass is 336 g/mol. The summed E-state index contributed by atoms with van der Waals surface area (Å²) in [7, 11) is 0. The summed E-state index contributed by atoms with van der Waals surface area (Å²) in [6.45, 7) is 6.85. The second-order valence-corrected chi connectivity index (χ2v) is 8.64. The van der Waals surface area contributed by atoms with Crippen molar-refractivity contribution in [1.82, 2.24) is 9.71 Å². The molecule has 0 unspecified atom stereocenters. The molecule has 0 saturated carbocycles. The van der Waals surface area contributed by atoms with Gasteiger partial charge in [-0.2, -0.15) is 0 Å². The highest BCUT2D eigenvalue weighted by Crippen LogP contribution is 2.29. The summed E-state index contributed by atoms with van der Waals surface area (Å²) in [4.78, 5) is 4.66. The molecule has 0 spiro atoms. The normalized spacial score (nSPS) is 12.1. The maximum absolute atomic E-state index is 4.66. The van der Waals surface area contributed by atoms with Crippen molar-refractivity contribution in [3.63, 3.8) is 0 Å². The van der Waals surface area contributed by atoms with Crippen LogP contribution in [0.2, 0.25) is 0 Å². The molecule has 2 rings (SSSR count). The van der Waals surface area contributed by atoms with Crippen molar-refractivity contribution in [2.75, 3.05) is 0 Å². The number of rotatable bonds is 10. The number of hydrogen-bond donors (Lipinski definition) is 1. The summed E-state index contributed by atoms with van der Waals surface area (Å²) < 4.78 is 5.98. The first-order chi connectivity index (χ1) is 10.6. The molecule has 0 amide bonds. The molecule has 1 aromatic carbocycles. The van der Waals surface area contributed by atoms with Crippen molar-refractivity contribution >= 4 is 33.5 Å². The van der Waals surface area contributed by atoms with Gasteiger partial charge in [-0.15, -0.1) is 11.3 Å². The van der Waals surface area contributed by atoms with E-state index < -0.39 is 0 Å². The van der Waals surface area contributed by atoms with E-state index in [9.17, 15) is 0 Å². The zero-order valence-corrected chi connectivity index (χ0v) is 15.7. The molecule has 0 aliphatic heterocycles. The number of unbranched alkanes of at least 4 members (excludes halogenated alkanes) is 5. The number of para-hydroxylation sites is 1. The van der Waals surface area contributed by atoms with Crippen LogP contribution in [0, 0.1) is 0 Å². The minimum Gasteiger partial charge on any atom is -0.252 e. The lowest BCUT2D eigenvalue weighted by Crippen LogP contribution is -2.34. The van der Waals surface area contributed by atoms with E-state index in [1.807, 2.05) is 6.07 Å². The van der Waals surface area contributed by atoms with E-state index in [2.05, 4.69) is 48.7 Å². The lowest BCUT2D eigenvalue weighted by molar-refractivity contribution is 0.415. The number of thiazole rings is 1. The van der Waals surface area contributed by atoms with E-state index in [1.165, 1.54) is 49.6 Å². The fourth-order valence-corrected chi connectivity index (χ4v) is 4.34. The van der Waals surface area contributed by atoms with Crippen LogP contribution in [0.3, 0.4) is 0 Å². The standard InChI is InChI=1S/C18H28N2S2/c1-4-5-6-7-8-11-14-18(2,3)20-22-17-19-15-12-9-10-13-16(15)21-17/h9-10,12-13,20H,4-8,11,14H2,1-3H3. The van der Waals surface area contributed by atoms with Crippen LogP contribution >= 0.6 is 23.3 Å². The summed E-state index contributed by atoms with van der Waals surface area (Å²) in [6, 6.07) is 8.34. The van der Waals surface area contributed by atoms with Crippen LogP contribution in [0.5, 0.6) is 0 Å². The third kappa shape index (κ3) is 5.90. The third-order valence-corrected chi connectivity index (χ3v) is 6.10.